The summed E-state index contributed by atoms with van der Waals surface area (Å²) in [5, 5.41) is 0. The van der Waals surface area contributed by atoms with E-state index in [1.807, 2.05) is 36.4 Å². The standard InChI is InChI=1S/C15H12O/c16-12-15-10-8-14(9-11-15)7-6-13-4-2-1-3-5-13/h1-12H/b7-6+/i1D. The minimum atomic E-state index is 0.512. The lowest BCUT2D eigenvalue weighted by Crippen LogP contribution is -1.78. The van der Waals surface area contributed by atoms with E-state index in [-0.39, 0.29) is 0 Å². The molecule has 0 unspecified atom stereocenters. The number of hydrogen-bond donors (Lipinski definition) is 0. The summed E-state index contributed by atoms with van der Waals surface area (Å²) in [7, 11) is 0. The van der Waals surface area contributed by atoms with Crippen LogP contribution in [-0.4, -0.2) is 6.29 Å². The van der Waals surface area contributed by atoms with Crippen molar-refractivity contribution in [2.24, 2.45) is 0 Å². The van der Waals surface area contributed by atoms with E-state index < -0.39 is 0 Å². The van der Waals surface area contributed by atoms with Gasteiger partial charge in [-0.3, -0.25) is 4.79 Å². The average molecular weight is 209 g/mol. The predicted octanol–water partition coefficient (Wildman–Crippen LogP) is 3.67. The van der Waals surface area contributed by atoms with E-state index in [1.165, 1.54) is 0 Å². The fourth-order valence-corrected chi connectivity index (χ4v) is 1.39. The fraction of sp³-hybridized carbons (Fsp3) is 0. The summed E-state index contributed by atoms with van der Waals surface area (Å²) >= 11 is 0. The molecule has 1 heteroatoms. The molecule has 0 radical (unpaired) electrons. The molecule has 1 nitrogen and oxygen atoms in total. The van der Waals surface area contributed by atoms with Crippen molar-refractivity contribution in [3.05, 3.63) is 71.3 Å². The monoisotopic (exact) mass is 209 g/mol. The van der Waals surface area contributed by atoms with Gasteiger partial charge in [-0.25, -0.2) is 0 Å². The zero-order valence-electron chi connectivity index (χ0n) is 9.76. The Bertz CT molecular complexity index is 524. The van der Waals surface area contributed by atoms with Gasteiger partial charge in [-0.2, -0.15) is 0 Å². The highest BCUT2D eigenvalue weighted by Crippen LogP contribution is 2.08. The molecule has 78 valence electrons. The third-order valence-electron chi connectivity index (χ3n) is 2.28. The molecule has 0 atom stereocenters. The molecular weight excluding hydrogens is 196 g/mol. The molecule has 0 saturated heterocycles. The lowest BCUT2D eigenvalue weighted by molar-refractivity contribution is 0.112. The molecule has 0 amide bonds. The number of carbonyl (C=O) groups excluding carboxylic acids is 1. The van der Waals surface area contributed by atoms with Crippen LogP contribution in [0, 0.1) is 0 Å². The molecule has 0 aliphatic carbocycles. The van der Waals surface area contributed by atoms with Gasteiger partial charge >= 0.3 is 0 Å². The quantitative estimate of drug-likeness (QED) is 0.556. The smallest absolute Gasteiger partial charge is 0.150 e. The second-order valence-corrected chi connectivity index (χ2v) is 3.45. The second-order valence-electron chi connectivity index (χ2n) is 3.45. The van der Waals surface area contributed by atoms with Crippen molar-refractivity contribution >= 4 is 18.4 Å². The first-order valence-electron chi connectivity index (χ1n) is 5.58. The Balaban J connectivity index is 2.14. The molecule has 0 aliphatic heterocycles. The zero-order valence-corrected chi connectivity index (χ0v) is 8.76. The van der Waals surface area contributed by atoms with Crippen LogP contribution in [0.5, 0.6) is 0 Å². The van der Waals surface area contributed by atoms with Gasteiger partial charge in [0.05, 0.1) is 1.37 Å². The largest absolute Gasteiger partial charge is 0.298 e. The molecule has 2 aromatic carbocycles. The zero-order chi connectivity index (χ0) is 12.1. The fourth-order valence-electron chi connectivity index (χ4n) is 1.39. The Kier molecular flexibility index (Phi) is 2.89. The molecular formula is C15H12O. The Morgan fingerprint density at radius 3 is 1.88 bits per heavy atom. The van der Waals surface area contributed by atoms with Crippen molar-refractivity contribution in [3.8, 4) is 0 Å². The van der Waals surface area contributed by atoms with Gasteiger partial charge in [-0.15, -0.1) is 0 Å². The first-order valence-corrected chi connectivity index (χ1v) is 5.08. The van der Waals surface area contributed by atoms with E-state index in [1.54, 1.807) is 24.3 Å². The predicted molar refractivity (Wildman–Crippen MR) is 67.2 cm³/mol. The summed E-state index contributed by atoms with van der Waals surface area (Å²) in [6.45, 7) is 0. The maximum Gasteiger partial charge on any atom is 0.150 e. The highest BCUT2D eigenvalue weighted by Gasteiger charge is 1.89. The molecule has 0 aromatic heterocycles. The van der Waals surface area contributed by atoms with Gasteiger partial charge in [0.2, 0.25) is 0 Å². The van der Waals surface area contributed by atoms with E-state index in [2.05, 4.69) is 0 Å². The molecule has 0 aliphatic rings. The molecule has 2 rings (SSSR count). The van der Waals surface area contributed by atoms with E-state index in [0.29, 0.717) is 11.6 Å². The van der Waals surface area contributed by atoms with Crippen LogP contribution >= 0.6 is 0 Å². The van der Waals surface area contributed by atoms with Crippen molar-refractivity contribution in [2.75, 3.05) is 0 Å². The molecule has 16 heavy (non-hydrogen) atoms. The van der Waals surface area contributed by atoms with Crippen LogP contribution in [0.4, 0.5) is 0 Å². The van der Waals surface area contributed by atoms with Gasteiger partial charge < -0.3 is 0 Å². The maximum atomic E-state index is 10.5. The molecule has 2 aromatic rings. The van der Waals surface area contributed by atoms with Crippen molar-refractivity contribution in [1.82, 2.24) is 0 Å². The minimum absolute atomic E-state index is 0.512. The summed E-state index contributed by atoms with van der Waals surface area (Å²) in [4.78, 5) is 10.5. The minimum Gasteiger partial charge on any atom is -0.298 e. The highest BCUT2D eigenvalue weighted by molar-refractivity contribution is 5.76. The Morgan fingerprint density at radius 1 is 0.812 bits per heavy atom. The molecule has 0 bridgehead atoms. The Morgan fingerprint density at radius 2 is 1.31 bits per heavy atom. The van der Waals surface area contributed by atoms with Gasteiger partial charge in [0.25, 0.3) is 0 Å². The molecule has 0 fully saturated rings. The number of carbonyl (C=O) groups is 1. The first-order chi connectivity index (χ1) is 8.28. The molecule has 0 saturated carbocycles. The van der Waals surface area contributed by atoms with E-state index in [4.69, 9.17) is 1.37 Å². The summed E-state index contributed by atoms with van der Waals surface area (Å²) in [6.07, 6.45) is 4.79. The van der Waals surface area contributed by atoms with E-state index in [9.17, 15) is 4.79 Å². The topological polar surface area (TPSA) is 17.1 Å². The third kappa shape index (κ3) is 2.67. The van der Waals surface area contributed by atoms with Crippen molar-refractivity contribution in [2.45, 2.75) is 0 Å². The van der Waals surface area contributed by atoms with Crippen LogP contribution in [0.1, 0.15) is 22.9 Å². The van der Waals surface area contributed by atoms with Crippen molar-refractivity contribution in [1.29, 1.82) is 0 Å². The third-order valence-corrected chi connectivity index (χ3v) is 2.28. The van der Waals surface area contributed by atoms with Crippen LogP contribution in [0.25, 0.3) is 12.2 Å². The number of hydrogen-bond acceptors (Lipinski definition) is 1. The lowest BCUT2D eigenvalue weighted by Gasteiger charge is -1.94. The summed E-state index contributed by atoms with van der Waals surface area (Å²) in [5.74, 6) is 0. The van der Waals surface area contributed by atoms with Crippen LogP contribution in [0.15, 0.2) is 54.6 Å². The van der Waals surface area contributed by atoms with Crippen LogP contribution in [0.3, 0.4) is 0 Å². The van der Waals surface area contributed by atoms with Crippen molar-refractivity contribution < 1.29 is 6.17 Å². The van der Waals surface area contributed by atoms with Crippen LogP contribution in [0.2, 0.25) is 0 Å². The number of benzene rings is 2. The lowest BCUT2D eigenvalue weighted by atomic mass is 10.1. The van der Waals surface area contributed by atoms with E-state index >= 15 is 0 Å². The Labute approximate surface area is 96.5 Å². The molecule has 0 N–H and O–H groups in total. The molecule has 0 heterocycles. The van der Waals surface area contributed by atoms with Crippen LogP contribution in [-0.2, 0) is 0 Å². The number of rotatable bonds is 3. The van der Waals surface area contributed by atoms with Gasteiger partial charge in [0, 0.05) is 5.56 Å². The van der Waals surface area contributed by atoms with Gasteiger partial charge in [-0.1, -0.05) is 66.7 Å². The normalized spacial score (nSPS) is 11.4. The maximum absolute atomic E-state index is 10.5. The molecule has 0 spiro atoms. The number of aldehydes is 1. The van der Waals surface area contributed by atoms with Gasteiger partial charge in [0.15, 0.2) is 0 Å². The van der Waals surface area contributed by atoms with Crippen LogP contribution < -0.4 is 0 Å². The van der Waals surface area contributed by atoms with E-state index in [0.717, 1.165) is 17.4 Å². The highest BCUT2D eigenvalue weighted by atomic mass is 16.1. The average Bonchev–Trinajstić information content (AvgIpc) is 2.39. The summed E-state index contributed by atoms with van der Waals surface area (Å²) in [6, 6.07) is 15.2. The SMILES string of the molecule is [2H]c1ccc(/C=C/c2ccc(C=O)cc2)cc1. The van der Waals surface area contributed by atoms with Crippen molar-refractivity contribution in [3.63, 3.8) is 0 Å². The van der Waals surface area contributed by atoms with Gasteiger partial charge in [0.1, 0.15) is 6.29 Å². The van der Waals surface area contributed by atoms with Gasteiger partial charge in [-0.05, 0) is 11.1 Å². The summed E-state index contributed by atoms with van der Waals surface area (Å²) < 4.78 is 7.38. The first kappa shape index (κ1) is 9.10. The Hall–Kier alpha value is -2.15. The second kappa shape index (κ2) is 5.08. The summed E-state index contributed by atoms with van der Waals surface area (Å²) in [5.41, 5.74) is 2.78.